The molecule has 2 N–H and O–H groups in total. The molecule has 0 bridgehead atoms. The number of hydrogen-bond acceptors (Lipinski definition) is 3. The van der Waals surface area contributed by atoms with Gasteiger partial charge < -0.3 is 5.11 Å². The van der Waals surface area contributed by atoms with E-state index in [0.717, 1.165) is 0 Å². The number of nitrogens with one attached hydrogen (secondary N) is 1. The first-order valence-corrected chi connectivity index (χ1v) is 7.80. The lowest BCUT2D eigenvalue weighted by atomic mass is 10.1. The van der Waals surface area contributed by atoms with Crippen LogP contribution in [0, 0.1) is 17.7 Å². The molecule has 1 aromatic carbocycles. The van der Waals surface area contributed by atoms with Crippen LogP contribution in [0.15, 0.2) is 16.9 Å². The first-order chi connectivity index (χ1) is 11.2. The van der Waals surface area contributed by atoms with Gasteiger partial charge in [0.05, 0.1) is 16.4 Å². The number of aliphatic hydroxyl groups is 1. The molecule has 0 spiro atoms. The van der Waals surface area contributed by atoms with Crippen LogP contribution in [0.2, 0.25) is 5.02 Å². The van der Waals surface area contributed by atoms with Crippen molar-refractivity contribution in [1.82, 2.24) is 14.5 Å². The quantitative estimate of drug-likeness (QED) is 0.715. The highest BCUT2D eigenvalue weighted by atomic mass is 35.5. The van der Waals surface area contributed by atoms with Crippen LogP contribution in [-0.4, -0.2) is 32.2 Å². The van der Waals surface area contributed by atoms with E-state index in [0.29, 0.717) is 35.7 Å². The second kappa shape index (κ2) is 5.78. The summed E-state index contributed by atoms with van der Waals surface area (Å²) in [6.45, 7) is 3.97. The summed E-state index contributed by atoms with van der Waals surface area (Å²) < 4.78 is 15.3. The number of imidazole rings is 1. The Bertz CT molecular complexity index is 928. The van der Waals surface area contributed by atoms with Crippen molar-refractivity contribution in [2.75, 3.05) is 7.05 Å². The minimum atomic E-state index is -1.17. The molecule has 0 fully saturated rings. The van der Waals surface area contributed by atoms with Crippen LogP contribution in [0.25, 0.3) is 5.69 Å². The number of benzene rings is 1. The normalized spacial score (nSPS) is 14.4. The molecule has 24 heavy (non-hydrogen) atoms. The van der Waals surface area contributed by atoms with Crippen molar-refractivity contribution in [2.45, 2.75) is 32.5 Å². The van der Waals surface area contributed by atoms with Crippen LogP contribution in [0.5, 0.6) is 0 Å². The van der Waals surface area contributed by atoms with E-state index >= 15 is 0 Å². The molecular weight excluding hydrogens is 333 g/mol. The van der Waals surface area contributed by atoms with E-state index < -0.39 is 11.4 Å². The molecule has 0 radical (unpaired) electrons. The summed E-state index contributed by atoms with van der Waals surface area (Å²) in [6, 6.07) is 2.79. The number of H-pyrrole nitrogens is 1. The second-order valence-electron chi connectivity index (χ2n) is 6.43. The summed E-state index contributed by atoms with van der Waals surface area (Å²) in [5.41, 5.74) is 0.638. The molecule has 0 amide bonds. The molecule has 7 heteroatoms. The average molecular weight is 350 g/mol. The largest absolute Gasteiger partial charge is 0.378 e. The predicted octanol–water partition coefficient (Wildman–Crippen LogP) is 2.03. The summed E-state index contributed by atoms with van der Waals surface area (Å²) in [7, 11) is 1.85. The minimum Gasteiger partial charge on any atom is -0.378 e. The zero-order valence-corrected chi connectivity index (χ0v) is 14.3. The van der Waals surface area contributed by atoms with Gasteiger partial charge in [-0.05, 0) is 38.9 Å². The van der Waals surface area contributed by atoms with Gasteiger partial charge in [-0.2, -0.15) is 0 Å². The molecule has 1 aliphatic rings. The van der Waals surface area contributed by atoms with Gasteiger partial charge in [0, 0.05) is 18.7 Å². The number of fused-ring (bicyclic) bond motifs is 3. The molecule has 2 heterocycles. The second-order valence-corrected chi connectivity index (χ2v) is 6.81. The van der Waals surface area contributed by atoms with E-state index in [1.165, 1.54) is 10.6 Å². The maximum Gasteiger partial charge on any atom is 0.331 e. The van der Waals surface area contributed by atoms with Crippen molar-refractivity contribution in [3.05, 3.63) is 50.4 Å². The topological polar surface area (TPSA) is 61.3 Å². The third-order valence-electron chi connectivity index (χ3n) is 3.75. The van der Waals surface area contributed by atoms with Crippen LogP contribution in [0.4, 0.5) is 4.39 Å². The van der Waals surface area contributed by atoms with Gasteiger partial charge in [0.25, 0.3) is 0 Å². The summed E-state index contributed by atoms with van der Waals surface area (Å²) in [4.78, 5) is 17.1. The average Bonchev–Trinajstić information content (AvgIpc) is 2.68. The Morgan fingerprint density at radius 2 is 2.08 bits per heavy atom. The van der Waals surface area contributed by atoms with Crippen LogP contribution >= 0.6 is 11.6 Å². The van der Waals surface area contributed by atoms with E-state index in [4.69, 9.17) is 11.6 Å². The number of rotatable bonds is 0. The number of aromatic nitrogens is 2. The van der Waals surface area contributed by atoms with Crippen molar-refractivity contribution in [3.63, 3.8) is 0 Å². The van der Waals surface area contributed by atoms with Crippen molar-refractivity contribution in [1.29, 1.82) is 0 Å². The van der Waals surface area contributed by atoms with Gasteiger partial charge in [-0.15, -0.1) is 0 Å². The molecule has 126 valence electrons. The van der Waals surface area contributed by atoms with E-state index in [-0.39, 0.29) is 10.7 Å². The van der Waals surface area contributed by atoms with Gasteiger partial charge >= 0.3 is 5.69 Å². The predicted molar refractivity (Wildman–Crippen MR) is 89.7 cm³/mol. The Morgan fingerprint density at radius 3 is 2.75 bits per heavy atom. The van der Waals surface area contributed by atoms with Gasteiger partial charge in [-0.25, -0.2) is 9.18 Å². The highest BCUT2D eigenvalue weighted by Crippen LogP contribution is 2.30. The highest BCUT2D eigenvalue weighted by Gasteiger charge is 2.25. The van der Waals surface area contributed by atoms with Gasteiger partial charge in [0.2, 0.25) is 0 Å². The third kappa shape index (κ3) is 2.98. The third-order valence-corrected chi connectivity index (χ3v) is 4.16. The molecule has 1 aliphatic heterocycles. The van der Waals surface area contributed by atoms with Crippen molar-refractivity contribution < 1.29 is 9.50 Å². The molecule has 2 aromatic rings. The first-order valence-electron chi connectivity index (χ1n) is 7.42. The lowest BCUT2D eigenvalue weighted by Crippen LogP contribution is -2.18. The van der Waals surface area contributed by atoms with E-state index in [1.54, 1.807) is 19.9 Å². The molecule has 5 nitrogen and oxygen atoms in total. The fraction of sp³-hybridized carbons (Fsp3) is 0.353. The first kappa shape index (κ1) is 16.8. The molecule has 0 atom stereocenters. The zero-order chi connectivity index (χ0) is 17.6. The van der Waals surface area contributed by atoms with E-state index in [2.05, 4.69) is 16.8 Å². The lowest BCUT2D eigenvalue weighted by Gasteiger charge is -2.14. The maximum absolute atomic E-state index is 13.8. The van der Waals surface area contributed by atoms with Crippen LogP contribution in [-0.2, 0) is 13.1 Å². The van der Waals surface area contributed by atoms with E-state index in [9.17, 15) is 14.3 Å². The standard InChI is InChI=1S/C17H17ClFN3O2/c1-17(2,24)7-6-12-14-9-21(3)8-10-13(22(14)16(23)20-12)5-4-11(19)15(10)18/h4-5,24H,8-9H2,1-3H3,(H,20,23). The smallest absolute Gasteiger partial charge is 0.331 e. The van der Waals surface area contributed by atoms with Gasteiger partial charge in [-0.1, -0.05) is 17.5 Å². The zero-order valence-electron chi connectivity index (χ0n) is 13.6. The Balaban J connectivity index is 2.27. The molecule has 1 aromatic heterocycles. The van der Waals surface area contributed by atoms with E-state index in [1.807, 2.05) is 11.9 Å². The van der Waals surface area contributed by atoms with Gasteiger partial charge in [0.15, 0.2) is 0 Å². The van der Waals surface area contributed by atoms with Crippen molar-refractivity contribution in [3.8, 4) is 17.5 Å². The minimum absolute atomic E-state index is 0.0180. The number of halogens is 2. The summed E-state index contributed by atoms with van der Waals surface area (Å²) >= 11 is 6.11. The highest BCUT2D eigenvalue weighted by molar-refractivity contribution is 6.31. The monoisotopic (exact) mass is 349 g/mol. The summed E-state index contributed by atoms with van der Waals surface area (Å²) in [5, 5.41) is 9.80. The van der Waals surface area contributed by atoms with Gasteiger partial charge in [0.1, 0.15) is 17.1 Å². The van der Waals surface area contributed by atoms with Crippen LogP contribution < -0.4 is 5.69 Å². The molecular formula is C17H17ClFN3O2. The van der Waals surface area contributed by atoms with Crippen LogP contribution in [0.1, 0.15) is 30.8 Å². The van der Waals surface area contributed by atoms with Crippen molar-refractivity contribution >= 4 is 11.6 Å². The fourth-order valence-corrected chi connectivity index (χ4v) is 2.94. The molecule has 3 rings (SSSR count). The Kier molecular flexibility index (Phi) is 4.04. The maximum atomic E-state index is 13.8. The SMILES string of the molecule is CN1Cc2c(ccc(F)c2Cl)-n2c(c(C#CC(C)(C)O)[nH]c2=O)C1. The summed E-state index contributed by atoms with van der Waals surface area (Å²) in [5.74, 6) is 5.01. The molecule has 0 aliphatic carbocycles. The Labute approximate surface area is 143 Å². The Morgan fingerprint density at radius 1 is 1.38 bits per heavy atom. The number of nitrogens with zero attached hydrogens (tertiary/aromatic N) is 2. The molecule has 0 unspecified atom stereocenters. The molecule has 0 saturated heterocycles. The lowest BCUT2D eigenvalue weighted by molar-refractivity contribution is 0.143. The summed E-state index contributed by atoms with van der Waals surface area (Å²) in [6.07, 6.45) is 0. The molecule has 0 saturated carbocycles. The van der Waals surface area contributed by atoms with Crippen LogP contribution in [0.3, 0.4) is 0 Å². The Hall–Kier alpha value is -2.07. The van der Waals surface area contributed by atoms with Gasteiger partial charge in [-0.3, -0.25) is 14.5 Å². The number of hydrogen-bond donors (Lipinski definition) is 2. The fourth-order valence-electron chi connectivity index (χ4n) is 2.72. The number of aromatic amines is 1. The van der Waals surface area contributed by atoms with Crippen molar-refractivity contribution in [2.24, 2.45) is 0 Å².